The molecule has 8 heteroatoms. The summed E-state index contributed by atoms with van der Waals surface area (Å²) < 4.78 is 37.9. The number of nitrogens with one attached hydrogen (secondary N) is 2. The minimum Gasteiger partial charge on any atom is -0.495 e. The van der Waals surface area contributed by atoms with E-state index in [1.807, 2.05) is 13.8 Å². The fourth-order valence-corrected chi connectivity index (χ4v) is 3.69. The fraction of sp³-hybridized carbons (Fsp3) is 0.350. The van der Waals surface area contributed by atoms with Crippen molar-refractivity contribution in [2.45, 2.75) is 25.7 Å². The molecule has 0 bridgehead atoms. The van der Waals surface area contributed by atoms with Crippen molar-refractivity contribution in [3.63, 3.8) is 0 Å². The number of benzene rings is 2. The molecule has 2 N–H and O–H groups in total. The number of carbonyl (C=O) groups excluding carboxylic acids is 1. The lowest BCUT2D eigenvalue weighted by Crippen LogP contribution is -2.27. The van der Waals surface area contributed by atoms with Gasteiger partial charge in [-0.05, 0) is 48.7 Å². The molecule has 0 aliphatic carbocycles. The molecule has 2 rings (SSSR count). The number of amides is 1. The van der Waals surface area contributed by atoms with Gasteiger partial charge in [-0.1, -0.05) is 26.0 Å². The zero-order valence-electron chi connectivity index (χ0n) is 16.5. The molecule has 0 aliphatic rings. The highest BCUT2D eigenvalue weighted by Crippen LogP contribution is 2.24. The number of ether oxygens (including phenoxy) is 2. The van der Waals surface area contributed by atoms with Gasteiger partial charge in [-0.25, -0.2) is 13.1 Å². The Balaban J connectivity index is 2.00. The van der Waals surface area contributed by atoms with E-state index in [-0.39, 0.29) is 23.3 Å². The first-order valence-corrected chi connectivity index (χ1v) is 10.4. The van der Waals surface area contributed by atoms with Crippen LogP contribution in [0, 0.1) is 12.8 Å². The lowest BCUT2D eigenvalue weighted by molar-refractivity contribution is -0.118. The zero-order chi connectivity index (χ0) is 20.7. The molecule has 0 aromatic heterocycles. The summed E-state index contributed by atoms with van der Waals surface area (Å²) >= 11 is 0. The molecule has 0 fully saturated rings. The Morgan fingerprint density at radius 3 is 2.46 bits per heavy atom. The molecule has 2 aromatic carbocycles. The Bertz CT molecular complexity index is 926. The van der Waals surface area contributed by atoms with Crippen LogP contribution in [0.5, 0.6) is 11.5 Å². The van der Waals surface area contributed by atoms with E-state index in [2.05, 4.69) is 10.0 Å². The highest BCUT2D eigenvalue weighted by atomic mass is 32.2. The Kier molecular flexibility index (Phi) is 7.42. The number of para-hydroxylation sites is 2. The number of rotatable bonds is 9. The summed E-state index contributed by atoms with van der Waals surface area (Å²) in [6.45, 7) is 5.75. The van der Waals surface area contributed by atoms with Crippen LogP contribution in [0.2, 0.25) is 0 Å². The minimum atomic E-state index is -3.57. The largest absolute Gasteiger partial charge is 0.495 e. The van der Waals surface area contributed by atoms with Crippen molar-refractivity contribution in [1.82, 2.24) is 4.72 Å². The molecular formula is C20H26N2O5S. The van der Waals surface area contributed by atoms with Gasteiger partial charge in [0, 0.05) is 6.54 Å². The predicted octanol–water partition coefficient (Wildman–Crippen LogP) is 2.96. The van der Waals surface area contributed by atoms with Gasteiger partial charge in [0.2, 0.25) is 10.0 Å². The van der Waals surface area contributed by atoms with E-state index >= 15 is 0 Å². The van der Waals surface area contributed by atoms with E-state index in [4.69, 9.17) is 9.47 Å². The van der Waals surface area contributed by atoms with Crippen LogP contribution in [0.1, 0.15) is 19.4 Å². The van der Waals surface area contributed by atoms with Crippen LogP contribution in [0.3, 0.4) is 0 Å². The molecule has 0 aliphatic heterocycles. The molecule has 28 heavy (non-hydrogen) atoms. The van der Waals surface area contributed by atoms with Crippen LogP contribution in [-0.4, -0.2) is 34.6 Å². The summed E-state index contributed by atoms with van der Waals surface area (Å²) in [4.78, 5) is 12.3. The monoisotopic (exact) mass is 406 g/mol. The average molecular weight is 407 g/mol. The molecule has 7 nitrogen and oxygen atoms in total. The molecule has 2 aromatic rings. The van der Waals surface area contributed by atoms with Gasteiger partial charge in [-0.2, -0.15) is 0 Å². The Morgan fingerprint density at radius 1 is 1.11 bits per heavy atom. The maximum absolute atomic E-state index is 12.3. The summed E-state index contributed by atoms with van der Waals surface area (Å²) in [5.74, 6) is 0.855. The second kappa shape index (κ2) is 9.57. The van der Waals surface area contributed by atoms with Gasteiger partial charge < -0.3 is 14.8 Å². The van der Waals surface area contributed by atoms with Gasteiger partial charge >= 0.3 is 0 Å². The molecule has 0 heterocycles. The van der Waals surface area contributed by atoms with E-state index in [9.17, 15) is 13.2 Å². The number of hydrogen-bond donors (Lipinski definition) is 2. The topological polar surface area (TPSA) is 93.7 Å². The molecule has 0 spiro atoms. The SMILES string of the molecule is COc1ccccc1NC(=O)COc1ccc(S(=O)(=O)NCC(C)C)cc1C. The van der Waals surface area contributed by atoms with E-state index < -0.39 is 10.0 Å². The van der Waals surface area contributed by atoms with Gasteiger partial charge in [0.1, 0.15) is 11.5 Å². The number of aryl methyl sites for hydroxylation is 1. The molecule has 0 saturated heterocycles. The zero-order valence-corrected chi connectivity index (χ0v) is 17.3. The molecule has 0 saturated carbocycles. The summed E-state index contributed by atoms with van der Waals surface area (Å²) in [5, 5.41) is 2.72. The number of hydrogen-bond acceptors (Lipinski definition) is 5. The smallest absolute Gasteiger partial charge is 0.262 e. The van der Waals surface area contributed by atoms with Crippen molar-refractivity contribution in [2.75, 3.05) is 25.6 Å². The third kappa shape index (κ3) is 5.97. The van der Waals surface area contributed by atoms with Gasteiger partial charge in [-0.3, -0.25) is 4.79 Å². The summed E-state index contributed by atoms with van der Waals surface area (Å²) in [7, 11) is -2.05. The highest BCUT2D eigenvalue weighted by Gasteiger charge is 2.16. The Morgan fingerprint density at radius 2 is 1.82 bits per heavy atom. The number of sulfonamides is 1. The first kappa shape index (κ1) is 21.7. The Hall–Kier alpha value is -2.58. The third-order valence-corrected chi connectivity index (χ3v) is 5.30. The second-order valence-electron chi connectivity index (χ2n) is 6.71. The predicted molar refractivity (Wildman–Crippen MR) is 108 cm³/mol. The van der Waals surface area contributed by atoms with Gasteiger partial charge in [0.05, 0.1) is 17.7 Å². The van der Waals surface area contributed by atoms with Crippen molar-refractivity contribution in [3.8, 4) is 11.5 Å². The summed E-state index contributed by atoms with van der Waals surface area (Å²) in [6.07, 6.45) is 0. The highest BCUT2D eigenvalue weighted by molar-refractivity contribution is 7.89. The van der Waals surface area contributed by atoms with Gasteiger partial charge in [0.15, 0.2) is 6.61 Å². The quantitative estimate of drug-likeness (QED) is 0.668. The average Bonchev–Trinajstić information content (AvgIpc) is 2.66. The fourth-order valence-electron chi connectivity index (χ4n) is 2.39. The van der Waals surface area contributed by atoms with E-state index in [1.54, 1.807) is 37.3 Å². The number of methoxy groups -OCH3 is 1. The number of carbonyl (C=O) groups is 1. The Labute approximate surface area is 166 Å². The lowest BCUT2D eigenvalue weighted by Gasteiger charge is -2.13. The molecule has 0 atom stereocenters. The summed E-state index contributed by atoms with van der Waals surface area (Å²) in [6, 6.07) is 11.6. The van der Waals surface area contributed by atoms with E-state index in [0.29, 0.717) is 29.3 Å². The van der Waals surface area contributed by atoms with Crippen molar-refractivity contribution in [2.24, 2.45) is 5.92 Å². The maximum Gasteiger partial charge on any atom is 0.262 e. The van der Waals surface area contributed by atoms with Crippen molar-refractivity contribution < 1.29 is 22.7 Å². The summed E-state index contributed by atoms with van der Waals surface area (Å²) in [5.41, 5.74) is 1.17. The third-order valence-electron chi connectivity index (χ3n) is 3.88. The van der Waals surface area contributed by atoms with E-state index in [1.165, 1.54) is 19.2 Å². The van der Waals surface area contributed by atoms with Crippen LogP contribution >= 0.6 is 0 Å². The molecule has 0 radical (unpaired) electrons. The minimum absolute atomic E-state index is 0.163. The van der Waals surface area contributed by atoms with Crippen molar-refractivity contribution >= 4 is 21.6 Å². The second-order valence-corrected chi connectivity index (χ2v) is 8.48. The standard InChI is InChI=1S/C20H26N2O5S/c1-14(2)12-21-28(24,25)16-9-10-18(15(3)11-16)27-13-20(23)22-17-7-5-6-8-19(17)26-4/h5-11,14,21H,12-13H2,1-4H3,(H,22,23). The first-order chi connectivity index (χ1) is 13.2. The van der Waals surface area contributed by atoms with Gasteiger partial charge in [0.25, 0.3) is 5.91 Å². The first-order valence-electron chi connectivity index (χ1n) is 8.89. The normalized spacial score (nSPS) is 11.3. The van der Waals surface area contributed by atoms with Crippen LogP contribution in [-0.2, 0) is 14.8 Å². The number of anilines is 1. The van der Waals surface area contributed by atoms with Crippen LogP contribution < -0.4 is 19.5 Å². The van der Waals surface area contributed by atoms with Crippen molar-refractivity contribution in [3.05, 3.63) is 48.0 Å². The maximum atomic E-state index is 12.3. The van der Waals surface area contributed by atoms with Crippen LogP contribution in [0.4, 0.5) is 5.69 Å². The lowest BCUT2D eigenvalue weighted by atomic mass is 10.2. The van der Waals surface area contributed by atoms with E-state index in [0.717, 1.165) is 0 Å². The molecule has 1 amide bonds. The van der Waals surface area contributed by atoms with Crippen molar-refractivity contribution in [1.29, 1.82) is 0 Å². The molecular weight excluding hydrogens is 380 g/mol. The van der Waals surface area contributed by atoms with Crippen LogP contribution in [0.25, 0.3) is 0 Å². The van der Waals surface area contributed by atoms with Crippen LogP contribution in [0.15, 0.2) is 47.4 Å². The van der Waals surface area contributed by atoms with Gasteiger partial charge in [-0.15, -0.1) is 0 Å². The molecule has 0 unspecified atom stereocenters. The molecule has 152 valence electrons.